The van der Waals surface area contributed by atoms with E-state index < -0.39 is 0 Å². The molecule has 1 rings (SSSR count). The van der Waals surface area contributed by atoms with E-state index in [1.807, 2.05) is 6.92 Å². The van der Waals surface area contributed by atoms with Crippen LogP contribution in [0.1, 0.15) is 13.8 Å². The lowest BCUT2D eigenvalue weighted by Crippen LogP contribution is -2.37. The molecule has 5 nitrogen and oxygen atoms in total. The Bertz CT molecular complexity index is 259. The van der Waals surface area contributed by atoms with Crippen LogP contribution in [0.5, 0.6) is 0 Å². The average Bonchev–Trinajstić information content (AvgIpc) is 2.31. The second-order valence-corrected chi connectivity index (χ2v) is 3.68. The van der Waals surface area contributed by atoms with E-state index in [2.05, 4.69) is 4.90 Å². The van der Waals surface area contributed by atoms with Gasteiger partial charge in [0.15, 0.2) is 0 Å². The van der Waals surface area contributed by atoms with Crippen molar-refractivity contribution in [2.45, 2.75) is 13.8 Å². The third kappa shape index (κ3) is 5.70. The first-order valence-corrected chi connectivity index (χ1v) is 6.06. The molecule has 0 aromatic rings. The van der Waals surface area contributed by atoms with Crippen molar-refractivity contribution >= 4 is 5.97 Å². The lowest BCUT2D eigenvalue weighted by atomic mass is 10.3. The summed E-state index contributed by atoms with van der Waals surface area (Å²) in [6.45, 7) is 8.46. The monoisotopic (exact) mass is 243 g/mol. The van der Waals surface area contributed by atoms with Crippen molar-refractivity contribution in [3.8, 4) is 0 Å². The number of esters is 1. The van der Waals surface area contributed by atoms with Crippen molar-refractivity contribution in [3.05, 3.63) is 11.8 Å². The van der Waals surface area contributed by atoms with Crippen molar-refractivity contribution in [1.82, 2.24) is 4.90 Å². The predicted octanol–water partition coefficient (Wildman–Crippen LogP) is 0.802. The molecule has 0 saturated carbocycles. The predicted molar refractivity (Wildman–Crippen MR) is 63.6 cm³/mol. The van der Waals surface area contributed by atoms with Gasteiger partial charge in [-0.25, -0.2) is 4.79 Å². The molecule has 1 saturated heterocycles. The van der Waals surface area contributed by atoms with Gasteiger partial charge < -0.3 is 14.2 Å². The zero-order valence-electron chi connectivity index (χ0n) is 10.6. The molecule has 0 unspecified atom stereocenters. The third-order valence-electron chi connectivity index (χ3n) is 2.38. The van der Waals surface area contributed by atoms with Gasteiger partial charge in [-0.05, 0) is 13.8 Å². The maximum Gasteiger partial charge on any atom is 0.334 e. The molecule has 0 spiro atoms. The lowest BCUT2D eigenvalue weighted by molar-refractivity contribution is -0.137. The summed E-state index contributed by atoms with van der Waals surface area (Å²) in [7, 11) is 0. The molecular weight excluding hydrogens is 222 g/mol. The Morgan fingerprint density at radius 3 is 2.47 bits per heavy atom. The molecule has 5 heteroatoms. The number of hydrogen-bond acceptors (Lipinski definition) is 5. The van der Waals surface area contributed by atoms with Gasteiger partial charge >= 0.3 is 5.97 Å². The highest BCUT2D eigenvalue weighted by Gasteiger charge is 2.13. The molecule has 98 valence electrons. The largest absolute Gasteiger partial charge is 0.497 e. The first-order valence-electron chi connectivity index (χ1n) is 6.06. The maximum absolute atomic E-state index is 11.3. The summed E-state index contributed by atoms with van der Waals surface area (Å²) in [4.78, 5) is 13.5. The van der Waals surface area contributed by atoms with Crippen molar-refractivity contribution < 1.29 is 19.0 Å². The van der Waals surface area contributed by atoms with Crippen LogP contribution < -0.4 is 0 Å². The fourth-order valence-corrected chi connectivity index (χ4v) is 1.61. The molecule has 0 atom stereocenters. The van der Waals surface area contributed by atoms with Crippen molar-refractivity contribution in [2.75, 3.05) is 46.1 Å². The number of carbonyl (C=O) groups is 1. The Labute approximate surface area is 102 Å². The molecule has 1 heterocycles. The molecule has 0 amide bonds. The Morgan fingerprint density at radius 1 is 1.24 bits per heavy atom. The van der Waals surface area contributed by atoms with Crippen LogP contribution in [0, 0.1) is 0 Å². The van der Waals surface area contributed by atoms with Crippen molar-refractivity contribution in [3.63, 3.8) is 0 Å². The highest BCUT2D eigenvalue weighted by atomic mass is 16.5. The molecule has 0 aromatic heterocycles. The van der Waals surface area contributed by atoms with Gasteiger partial charge in [0.05, 0.1) is 39.0 Å². The lowest BCUT2D eigenvalue weighted by Gasteiger charge is -2.27. The van der Waals surface area contributed by atoms with Crippen molar-refractivity contribution in [2.24, 2.45) is 0 Å². The molecular formula is C12H21NO4. The Morgan fingerprint density at radius 2 is 1.88 bits per heavy atom. The number of rotatable bonds is 6. The van der Waals surface area contributed by atoms with Crippen molar-refractivity contribution in [1.29, 1.82) is 0 Å². The van der Waals surface area contributed by atoms with Crippen LogP contribution in [-0.4, -0.2) is 56.9 Å². The van der Waals surface area contributed by atoms with Crippen LogP contribution in [-0.2, 0) is 19.0 Å². The molecule has 1 aliphatic rings. The summed E-state index contributed by atoms with van der Waals surface area (Å²) in [6, 6.07) is 0. The third-order valence-corrected chi connectivity index (χ3v) is 2.38. The van der Waals surface area contributed by atoms with Crippen LogP contribution in [0.25, 0.3) is 0 Å². The Kier molecular flexibility index (Phi) is 6.65. The Hall–Kier alpha value is -1.07. The second kappa shape index (κ2) is 8.08. The number of hydrogen-bond donors (Lipinski definition) is 0. The van der Waals surface area contributed by atoms with Gasteiger partial charge in [-0.15, -0.1) is 0 Å². The molecule has 1 fully saturated rings. The van der Waals surface area contributed by atoms with E-state index in [1.165, 1.54) is 6.08 Å². The van der Waals surface area contributed by atoms with Gasteiger partial charge in [0, 0.05) is 13.1 Å². The SMILES string of the molecule is CCOC(=O)/C=C(/CN1CCOCC1)OCC. The van der Waals surface area contributed by atoms with E-state index >= 15 is 0 Å². The van der Waals surface area contributed by atoms with Gasteiger partial charge in [-0.1, -0.05) is 0 Å². The highest BCUT2D eigenvalue weighted by Crippen LogP contribution is 2.05. The minimum Gasteiger partial charge on any atom is -0.497 e. The van der Waals surface area contributed by atoms with Crippen LogP contribution in [0.3, 0.4) is 0 Å². The van der Waals surface area contributed by atoms with Crippen LogP contribution in [0.15, 0.2) is 11.8 Å². The highest BCUT2D eigenvalue weighted by molar-refractivity contribution is 5.82. The number of morpholine rings is 1. The summed E-state index contributed by atoms with van der Waals surface area (Å²) >= 11 is 0. The first-order chi connectivity index (χ1) is 8.26. The van der Waals surface area contributed by atoms with Crippen LogP contribution >= 0.6 is 0 Å². The number of ether oxygens (including phenoxy) is 3. The van der Waals surface area contributed by atoms with Gasteiger partial charge in [0.1, 0.15) is 5.76 Å². The first kappa shape index (κ1) is 14.0. The smallest absolute Gasteiger partial charge is 0.334 e. The molecule has 0 aliphatic carbocycles. The molecule has 0 N–H and O–H groups in total. The van der Waals surface area contributed by atoms with E-state index in [9.17, 15) is 4.79 Å². The van der Waals surface area contributed by atoms with Crippen LogP contribution in [0.4, 0.5) is 0 Å². The summed E-state index contributed by atoms with van der Waals surface area (Å²) in [5.41, 5.74) is 0. The number of carbonyl (C=O) groups excluding carboxylic acids is 1. The molecule has 0 aromatic carbocycles. The van der Waals surface area contributed by atoms with E-state index in [1.54, 1.807) is 6.92 Å². The fraction of sp³-hybridized carbons (Fsp3) is 0.750. The summed E-state index contributed by atoms with van der Waals surface area (Å²) in [5, 5.41) is 0. The Balaban J connectivity index is 2.48. The second-order valence-electron chi connectivity index (χ2n) is 3.68. The van der Waals surface area contributed by atoms with E-state index in [0.29, 0.717) is 25.5 Å². The fourth-order valence-electron chi connectivity index (χ4n) is 1.61. The topological polar surface area (TPSA) is 48.0 Å². The normalized spacial score (nSPS) is 17.9. The standard InChI is InChI=1S/C12H21NO4/c1-3-16-11(9-12(14)17-4-2)10-13-5-7-15-8-6-13/h9H,3-8,10H2,1-2H3/b11-9-. The van der Waals surface area contributed by atoms with E-state index in [-0.39, 0.29) is 5.97 Å². The van der Waals surface area contributed by atoms with Gasteiger partial charge in [-0.3, -0.25) is 4.90 Å². The zero-order chi connectivity index (χ0) is 12.5. The quantitative estimate of drug-likeness (QED) is 0.392. The zero-order valence-corrected chi connectivity index (χ0v) is 10.6. The van der Waals surface area contributed by atoms with Crippen LogP contribution in [0.2, 0.25) is 0 Å². The van der Waals surface area contributed by atoms with E-state index in [4.69, 9.17) is 14.2 Å². The average molecular weight is 243 g/mol. The molecule has 0 radical (unpaired) electrons. The maximum atomic E-state index is 11.3. The van der Waals surface area contributed by atoms with Gasteiger partial charge in [0.25, 0.3) is 0 Å². The van der Waals surface area contributed by atoms with Gasteiger partial charge in [0.2, 0.25) is 0 Å². The van der Waals surface area contributed by atoms with E-state index in [0.717, 1.165) is 26.3 Å². The molecule has 17 heavy (non-hydrogen) atoms. The number of nitrogens with zero attached hydrogens (tertiary/aromatic N) is 1. The van der Waals surface area contributed by atoms with Gasteiger partial charge in [-0.2, -0.15) is 0 Å². The summed E-state index contributed by atoms with van der Waals surface area (Å²) < 4.78 is 15.6. The molecule has 0 bridgehead atoms. The summed E-state index contributed by atoms with van der Waals surface area (Å²) in [6.07, 6.45) is 1.43. The minimum atomic E-state index is -0.343. The molecule has 1 aliphatic heterocycles. The minimum absolute atomic E-state index is 0.343. The summed E-state index contributed by atoms with van der Waals surface area (Å²) in [5.74, 6) is 0.317.